The van der Waals surface area contributed by atoms with Crippen LogP contribution in [0.5, 0.6) is 0 Å². The van der Waals surface area contributed by atoms with Gasteiger partial charge in [-0.2, -0.15) is 0 Å². The highest BCUT2D eigenvalue weighted by Crippen LogP contribution is 2.16. The summed E-state index contributed by atoms with van der Waals surface area (Å²) in [6, 6.07) is 9.10. The lowest BCUT2D eigenvalue weighted by atomic mass is 10.0. The third-order valence-electron chi connectivity index (χ3n) is 2.00. The van der Waals surface area contributed by atoms with Crippen LogP contribution in [0.15, 0.2) is 30.3 Å². The molecule has 0 unspecified atom stereocenters. The maximum Gasteiger partial charge on any atom is 0.217 e. The zero-order valence-electron chi connectivity index (χ0n) is 8.40. The maximum atomic E-state index is 10.9. The van der Waals surface area contributed by atoms with E-state index < -0.39 is 6.10 Å². The molecule has 0 saturated carbocycles. The van der Waals surface area contributed by atoms with E-state index >= 15 is 0 Å². The topological polar surface area (TPSA) is 49.3 Å². The first kappa shape index (κ1) is 10.7. The molecule has 0 aliphatic heterocycles. The van der Waals surface area contributed by atoms with Gasteiger partial charge in [-0.25, -0.2) is 0 Å². The molecule has 0 spiro atoms. The fourth-order valence-corrected chi connectivity index (χ4v) is 1.36. The molecule has 0 bridgehead atoms. The van der Waals surface area contributed by atoms with Crippen molar-refractivity contribution < 1.29 is 9.90 Å². The molecular weight excluding hydrogens is 178 g/mol. The molecule has 0 saturated heterocycles. The summed E-state index contributed by atoms with van der Waals surface area (Å²) in [6.45, 7) is 3.10. The van der Waals surface area contributed by atoms with Gasteiger partial charge in [0.1, 0.15) is 0 Å². The van der Waals surface area contributed by atoms with E-state index in [1.54, 1.807) is 6.92 Å². The SMILES string of the molecule is CC(=O)N[C@H](c1ccccc1)[C@H](C)O. The first-order valence-electron chi connectivity index (χ1n) is 4.61. The third-order valence-corrected chi connectivity index (χ3v) is 2.00. The van der Waals surface area contributed by atoms with E-state index in [1.165, 1.54) is 6.92 Å². The monoisotopic (exact) mass is 193 g/mol. The van der Waals surface area contributed by atoms with Crippen LogP contribution < -0.4 is 5.32 Å². The number of amides is 1. The quantitative estimate of drug-likeness (QED) is 0.759. The van der Waals surface area contributed by atoms with Crippen molar-refractivity contribution in [2.24, 2.45) is 0 Å². The maximum absolute atomic E-state index is 10.9. The van der Waals surface area contributed by atoms with E-state index in [1.807, 2.05) is 30.3 Å². The van der Waals surface area contributed by atoms with Crippen LogP contribution in [-0.2, 0) is 4.79 Å². The average Bonchev–Trinajstić information content (AvgIpc) is 2.15. The molecule has 0 aromatic heterocycles. The van der Waals surface area contributed by atoms with Crippen molar-refractivity contribution >= 4 is 5.91 Å². The molecule has 2 N–H and O–H groups in total. The lowest BCUT2D eigenvalue weighted by Gasteiger charge is -2.20. The average molecular weight is 193 g/mol. The number of hydrogen-bond donors (Lipinski definition) is 2. The minimum absolute atomic E-state index is 0.139. The highest BCUT2D eigenvalue weighted by atomic mass is 16.3. The van der Waals surface area contributed by atoms with E-state index in [0.717, 1.165) is 5.56 Å². The molecule has 3 nitrogen and oxygen atoms in total. The van der Waals surface area contributed by atoms with Crippen molar-refractivity contribution in [2.75, 3.05) is 0 Å². The number of hydrogen-bond acceptors (Lipinski definition) is 2. The highest BCUT2D eigenvalue weighted by Gasteiger charge is 2.17. The Labute approximate surface area is 83.8 Å². The lowest BCUT2D eigenvalue weighted by Crippen LogP contribution is -2.33. The van der Waals surface area contributed by atoms with Crippen molar-refractivity contribution in [1.29, 1.82) is 0 Å². The number of nitrogens with one attached hydrogen (secondary N) is 1. The first-order chi connectivity index (χ1) is 6.61. The molecule has 0 aliphatic carbocycles. The Bertz CT molecular complexity index is 295. The van der Waals surface area contributed by atoms with E-state index in [9.17, 15) is 9.90 Å². The van der Waals surface area contributed by atoms with Crippen molar-refractivity contribution in [3.8, 4) is 0 Å². The number of carbonyl (C=O) groups excluding carboxylic acids is 1. The Morgan fingerprint density at radius 3 is 2.36 bits per heavy atom. The summed E-state index contributed by atoms with van der Waals surface area (Å²) in [4.78, 5) is 10.9. The van der Waals surface area contributed by atoms with Gasteiger partial charge >= 0.3 is 0 Å². The molecule has 76 valence electrons. The molecule has 0 aliphatic rings. The Kier molecular flexibility index (Phi) is 3.65. The summed E-state index contributed by atoms with van der Waals surface area (Å²) in [6.07, 6.45) is -0.596. The second-order valence-corrected chi connectivity index (χ2v) is 3.33. The predicted molar refractivity (Wildman–Crippen MR) is 54.7 cm³/mol. The van der Waals surface area contributed by atoms with Gasteiger partial charge in [-0.05, 0) is 12.5 Å². The van der Waals surface area contributed by atoms with Gasteiger partial charge in [0.2, 0.25) is 5.91 Å². The van der Waals surface area contributed by atoms with E-state index in [4.69, 9.17) is 0 Å². The van der Waals surface area contributed by atoms with Gasteiger partial charge in [-0.3, -0.25) is 4.79 Å². The van der Waals surface area contributed by atoms with E-state index in [2.05, 4.69) is 5.32 Å². The Morgan fingerprint density at radius 2 is 1.93 bits per heavy atom. The van der Waals surface area contributed by atoms with Gasteiger partial charge in [-0.1, -0.05) is 30.3 Å². The summed E-state index contributed by atoms with van der Waals surface area (Å²) in [5, 5.41) is 12.2. The molecule has 1 rings (SSSR count). The van der Waals surface area contributed by atoms with Crippen LogP contribution >= 0.6 is 0 Å². The molecule has 1 aromatic rings. The minimum Gasteiger partial charge on any atom is -0.391 e. The lowest BCUT2D eigenvalue weighted by molar-refractivity contribution is -0.120. The fourth-order valence-electron chi connectivity index (χ4n) is 1.36. The Hall–Kier alpha value is -1.35. The van der Waals surface area contributed by atoms with E-state index in [0.29, 0.717) is 0 Å². The molecule has 0 fully saturated rings. The number of carbonyl (C=O) groups is 1. The molecule has 0 radical (unpaired) electrons. The third kappa shape index (κ3) is 2.85. The summed E-state index contributed by atoms with van der Waals surface area (Å²) >= 11 is 0. The summed E-state index contributed by atoms with van der Waals surface area (Å²) in [5.41, 5.74) is 0.915. The van der Waals surface area contributed by atoms with Gasteiger partial charge in [-0.15, -0.1) is 0 Å². The molecule has 1 amide bonds. The zero-order chi connectivity index (χ0) is 10.6. The van der Waals surface area contributed by atoms with Gasteiger partial charge in [0, 0.05) is 6.92 Å². The Morgan fingerprint density at radius 1 is 1.36 bits per heavy atom. The van der Waals surface area contributed by atoms with E-state index in [-0.39, 0.29) is 11.9 Å². The molecular formula is C11H15NO2. The molecule has 0 heterocycles. The van der Waals surface area contributed by atoms with Crippen LogP contribution in [0, 0.1) is 0 Å². The Balaban J connectivity index is 2.83. The standard InChI is InChI=1S/C11H15NO2/c1-8(13)11(12-9(2)14)10-6-4-3-5-7-10/h3-8,11,13H,1-2H3,(H,12,14)/t8-,11-/m0/s1. The van der Waals surface area contributed by atoms with Gasteiger partial charge in [0.15, 0.2) is 0 Å². The summed E-state index contributed by atoms with van der Waals surface area (Å²) in [5.74, 6) is -0.139. The predicted octanol–water partition coefficient (Wildman–Crippen LogP) is 1.24. The van der Waals surface area contributed by atoms with Gasteiger partial charge in [0.05, 0.1) is 12.1 Å². The van der Waals surface area contributed by atoms with Crippen molar-refractivity contribution in [3.05, 3.63) is 35.9 Å². The molecule has 1 aromatic carbocycles. The van der Waals surface area contributed by atoms with Crippen molar-refractivity contribution in [3.63, 3.8) is 0 Å². The normalized spacial score (nSPS) is 14.5. The number of benzene rings is 1. The minimum atomic E-state index is -0.596. The molecule has 3 heteroatoms. The highest BCUT2D eigenvalue weighted by molar-refractivity contribution is 5.73. The summed E-state index contributed by atoms with van der Waals surface area (Å²) in [7, 11) is 0. The molecule has 14 heavy (non-hydrogen) atoms. The van der Waals surface area contributed by atoms with Crippen LogP contribution in [0.3, 0.4) is 0 Å². The second kappa shape index (κ2) is 4.77. The van der Waals surface area contributed by atoms with Crippen LogP contribution in [0.4, 0.5) is 0 Å². The van der Waals surface area contributed by atoms with Crippen molar-refractivity contribution in [1.82, 2.24) is 5.32 Å². The molecule has 2 atom stereocenters. The second-order valence-electron chi connectivity index (χ2n) is 3.33. The fraction of sp³-hybridized carbons (Fsp3) is 0.364. The van der Waals surface area contributed by atoms with Crippen LogP contribution in [-0.4, -0.2) is 17.1 Å². The number of rotatable bonds is 3. The van der Waals surface area contributed by atoms with Gasteiger partial charge < -0.3 is 10.4 Å². The summed E-state index contributed by atoms with van der Waals surface area (Å²) < 4.78 is 0. The van der Waals surface area contributed by atoms with Crippen LogP contribution in [0.2, 0.25) is 0 Å². The first-order valence-corrected chi connectivity index (χ1v) is 4.61. The van der Waals surface area contributed by atoms with Gasteiger partial charge in [0.25, 0.3) is 0 Å². The zero-order valence-corrected chi connectivity index (χ0v) is 8.40. The largest absolute Gasteiger partial charge is 0.391 e. The smallest absolute Gasteiger partial charge is 0.217 e. The van der Waals surface area contributed by atoms with Crippen LogP contribution in [0.25, 0.3) is 0 Å². The van der Waals surface area contributed by atoms with Crippen molar-refractivity contribution in [2.45, 2.75) is 26.0 Å². The number of aliphatic hydroxyl groups excluding tert-OH is 1. The van der Waals surface area contributed by atoms with Crippen LogP contribution in [0.1, 0.15) is 25.5 Å². The number of aliphatic hydroxyl groups is 1.